The van der Waals surface area contributed by atoms with Gasteiger partial charge in [0.05, 0.1) is 13.2 Å². The SMILES string of the molecule is COC(=O)[C@]1(F)[C@@H]2[C@H]1[C@@H](O)C[C@H]2C. The highest BCUT2D eigenvalue weighted by molar-refractivity contribution is 5.85. The molecular weight excluding hydrogens is 175 g/mol. The first-order valence-electron chi connectivity index (χ1n) is 4.48. The van der Waals surface area contributed by atoms with Crippen LogP contribution >= 0.6 is 0 Å². The van der Waals surface area contributed by atoms with Crippen molar-refractivity contribution in [2.75, 3.05) is 7.11 Å². The van der Waals surface area contributed by atoms with E-state index < -0.39 is 23.7 Å². The van der Waals surface area contributed by atoms with Crippen LogP contribution in [0.2, 0.25) is 0 Å². The Bertz CT molecular complexity index is 239. The summed E-state index contributed by atoms with van der Waals surface area (Å²) in [5.41, 5.74) is -1.90. The quantitative estimate of drug-likeness (QED) is 0.610. The van der Waals surface area contributed by atoms with Gasteiger partial charge in [0.2, 0.25) is 5.67 Å². The van der Waals surface area contributed by atoms with Crippen LogP contribution in [0.4, 0.5) is 4.39 Å². The van der Waals surface area contributed by atoms with Gasteiger partial charge in [-0.1, -0.05) is 6.92 Å². The Morgan fingerprint density at radius 2 is 2.23 bits per heavy atom. The van der Waals surface area contributed by atoms with E-state index in [4.69, 9.17) is 0 Å². The van der Waals surface area contributed by atoms with Gasteiger partial charge in [-0.05, 0) is 12.3 Å². The number of methoxy groups -OCH3 is 1. The monoisotopic (exact) mass is 188 g/mol. The van der Waals surface area contributed by atoms with E-state index in [2.05, 4.69) is 4.74 Å². The van der Waals surface area contributed by atoms with E-state index >= 15 is 0 Å². The first kappa shape index (κ1) is 8.94. The van der Waals surface area contributed by atoms with Gasteiger partial charge in [0.1, 0.15) is 0 Å². The van der Waals surface area contributed by atoms with Crippen LogP contribution in [0.5, 0.6) is 0 Å². The third kappa shape index (κ3) is 0.894. The molecule has 0 aliphatic heterocycles. The number of alkyl halides is 1. The fourth-order valence-corrected chi connectivity index (χ4v) is 2.80. The summed E-state index contributed by atoms with van der Waals surface area (Å²) in [6.07, 6.45) is -0.0815. The molecule has 0 amide bonds. The van der Waals surface area contributed by atoms with E-state index in [9.17, 15) is 14.3 Å². The molecule has 0 saturated heterocycles. The number of carbonyl (C=O) groups excluding carboxylic acids is 1. The zero-order chi connectivity index (χ0) is 9.80. The van der Waals surface area contributed by atoms with Crippen molar-refractivity contribution < 1.29 is 19.0 Å². The third-order valence-corrected chi connectivity index (χ3v) is 3.39. The number of aliphatic hydroxyl groups excluding tert-OH is 1. The lowest BCUT2D eigenvalue weighted by Gasteiger charge is -2.15. The average molecular weight is 188 g/mol. The molecule has 2 fully saturated rings. The first-order chi connectivity index (χ1) is 6.03. The van der Waals surface area contributed by atoms with E-state index in [1.54, 1.807) is 0 Å². The van der Waals surface area contributed by atoms with Gasteiger partial charge in [-0.3, -0.25) is 0 Å². The van der Waals surface area contributed by atoms with Crippen LogP contribution < -0.4 is 0 Å². The minimum atomic E-state index is -1.90. The molecule has 4 heteroatoms. The summed E-state index contributed by atoms with van der Waals surface area (Å²) in [5, 5.41) is 9.44. The van der Waals surface area contributed by atoms with Crippen molar-refractivity contribution >= 4 is 5.97 Å². The lowest BCUT2D eigenvalue weighted by Crippen LogP contribution is -2.30. The summed E-state index contributed by atoms with van der Waals surface area (Å²) in [4.78, 5) is 11.1. The standard InChI is InChI=1S/C9H13FO3/c1-4-3-5(11)7-6(4)9(7,10)8(12)13-2/h4-7,11H,3H2,1-2H3/t4-,5+,6+,7-,9+/m1/s1. The number of fused-ring (bicyclic) bond motifs is 1. The second kappa shape index (κ2) is 2.44. The number of ether oxygens (including phenoxy) is 1. The highest BCUT2D eigenvalue weighted by atomic mass is 19.1. The molecule has 74 valence electrons. The van der Waals surface area contributed by atoms with E-state index in [0.717, 1.165) is 0 Å². The molecule has 2 rings (SSSR count). The van der Waals surface area contributed by atoms with Gasteiger partial charge in [-0.15, -0.1) is 0 Å². The Kier molecular flexibility index (Phi) is 1.68. The maximum absolute atomic E-state index is 13.9. The topological polar surface area (TPSA) is 46.5 Å². The molecular formula is C9H13FO3. The molecule has 0 unspecified atom stereocenters. The van der Waals surface area contributed by atoms with Crippen molar-refractivity contribution in [2.45, 2.75) is 25.1 Å². The summed E-state index contributed by atoms with van der Waals surface area (Å²) in [5.74, 6) is -1.60. The van der Waals surface area contributed by atoms with E-state index in [0.29, 0.717) is 6.42 Å². The summed E-state index contributed by atoms with van der Waals surface area (Å²) in [6.45, 7) is 1.86. The Morgan fingerprint density at radius 1 is 1.62 bits per heavy atom. The van der Waals surface area contributed by atoms with Crippen molar-refractivity contribution in [2.24, 2.45) is 17.8 Å². The van der Waals surface area contributed by atoms with Gasteiger partial charge in [-0.25, -0.2) is 9.18 Å². The predicted octanol–water partition coefficient (Wildman–Crippen LogP) is 0.514. The number of carbonyl (C=O) groups is 1. The van der Waals surface area contributed by atoms with Gasteiger partial charge in [-0.2, -0.15) is 0 Å². The number of hydrogen-bond acceptors (Lipinski definition) is 3. The summed E-state index contributed by atoms with van der Waals surface area (Å²) >= 11 is 0. The molecule has 1 N–H and O–H groups in total. The van der Waals surface area contributed by atoms with Gasteiger partial charge in [0, 0.05) is 11.8 Å². The Morgan fingerprint density at radius 3 is 2.62 bits per heavy atom. The second-order valence-electron chi connectivity index (χ2n) is 4.09. The van der Waals surface area contributed by atoms with E-state index in [1.165, 1.54) is 7.11 Å². The van der Waals surface area contributed by atoms with Crippen molar-refractivity contribution in [1.82, 2.24) is 0 Å². The minimum Gasteiger partial charge on any atom is -0.467 e. The first-order valence-corrected chi connectivity index (χ1v) is 4.48. The largest absolute Gasteiger partial charge is 0.467 e. The lowest BCUT2D eigenvalue weighted by atomic mass is 9.99. The molecule has 2 aliphatic carbocycles. The van der Waals surface area contributed by atoms with Crippen molar-refractivity contribution in [3.8, 4) is 0 Å². The highest BCUT2D eigenvalue weighted by Crippen LogP contribution is 2.65. The summed E-state index contributed by atoms with van der Waals surface area (Å²) in [7, 11) is 1.18. The van der Waals surface area contributed by atoms with Gasteiger partial charge in [0.15, 0.2) is 0 Å². The molecule has 5 atom stereocenters. The predicted molar refractivity (Wildman–Crippen MR) is 42.6 cm³/mol. The van der Waals surface area contributed by atoms with Crippen LogP contribution in [0.1, 0.15) is 13.3 Å². The van der Waals surface area contributed by atoms with Gasteiger partial charge >= 0.3 is 5.97 Å². The molecule has 0 aromatic rings. The highest BCUT2D eigenvalue weighted by Gasteiger charge is 2.78. The number of aliphatic hydroxyl groups is 1. The minimum absolute atomic E-state index is 0.0732. The molecule has 0 aromatic heterocycles. The van der Waals surface area contributed by atoms with Crippen LogP contribution in [0.15, 0.2) is 0 Å². The maximum atomic E-state index is 13.9. The van der Waals surface area contributed by atoms with Gasteiger partial charge in [0.25, 0.3) is 0 Å². The molecule has 3 nitrogen and oxygen atoms in total. The Balaban J connectivity index is 2.19. The average Bonchev–Trinajstić information content (AvgIpc) is 2.60. The summed E-state index contributed by atoms with van der Waals surface area (Å²) in [6, 6.07) is 0. The lowest BCUT2D eigenvalue weighted by molar-refractivity contribution is -0.151. The van der Waals surface area contributed by atoms with E-state index in [1.807, 2.05) is 6.92 Å². The molecule has 0 aromatic carbocycles. The van der Waals surface area contributed by atoms with Crippen molar-refractivity contribution in [3.63, 3.8) is 0 Å². The van der Waals surface area contributed by atoms with Crippen LogP contribution in [0.25, 0.3) is 0 Å². The van der Waals surface area contributed by atoms with Crippen LogP contribution in [-0.4, -0.2) is 30.0 Å². The fourth-order valence-electron chi connectivity index (χ4n) is 2.80. The Labute approximate surface area is 75.9 Å². The fraction of sp³-hybridized carbons (Fsp3) is 0.889. The van der Waals surface area contributed by atoms with Crippen LogP contribution in [0.3, 0.4) is 0 Å². The zero-order valence-corrected chi connectivity index (χ0v) is 7.66. The number of esters is 1. The van der Waals surface area contributed by atoms with Gasteiger partial charge < -0.3 is 9.84 Å². The maximum Gasteiger partial charge on any atom is 0.344 e. The Hall–Kier alpha value is -0.640. The van der Waals surface area contributed by atoms with Crippen LogP contribution in [-0.2, 0) is 9.53 Å². The molecule has 0 heterocycles. The smallest absolute Gasteiger partial charge is 0.344 e. The molecule has 0 radical (unpaired) electrons. The normalized spacial score (nSPS) is 52.9. The molecule has 0 spiro atoms. The number of rotatable bonds is 1. The van der Waals surface area contributed by atoms with E-state index in [-0.39, 0.29) is 11.8 Å². The van der Waals surface area contributed by atoms with Crippen molar-refractivity contribution in [3.05, 3.63) is 0 Å². The molecule has 13 heavy (non-hydrogen) atoms. The molecule has 0 bridgehead atoms. The van der Waals surface area contributed by atoms with Crippen molar-refractivity contribution in [1.29, 1.82) is 0 Å². The zero-order valence-electron chi connectivity index (χ0n) is 7.66. The molecule has 2 aliphatic rings. The summed E-state index contributed by atoms with van der Waals surface area (Å²) < 4.78 is 18.3. The number of hydrogen-bond donors (Lipinski definition) is 1. The number of halogens is 1. The third-order valence-electron chi connectivity index (χ3n) is 3.39. The van der Waals surface area contributed by atoms with Crippen LogP contribution in [0, 0.1) is 17.8 Å². The second-order valence-corrected chi connectivity index (χ2v) is 4.09. The molecule has 2 saturated carbocycles.